The second kappa shape index (κ2) is 4.77. The molecule has 2 atom stereocenters. The van der Waals surface area contributed by atoms with Crippen LogP contribution in [0.15, 0.2) is 6.20 Å². The van der Waals surface area contributed by atoms with Crippen molar-refractivity contribution in [3.63, 3.8) is 0 Å². The number of fused-ring (bicyclic) bond motifs is 1. The van der Waals surface area contributed by atoms with Crippen LogP contribution in [-0.2, 0) is 0 Å². The van der Waals surface area contributed by atoms with E-state index in [1.165, 1.54) is 38.5 Å². The van der Waals surface area contributed by atoms with Crippen molar-refractivity contribution >= 4 is 22.8 Å². The molecule has 2 heterocycles. The monoisotopic (exact) mass is 250 g/mol. The first-order chi connectivity index (χ1) is 8.38. The molecule has 92 valence electrons. The van der Waals surface area contributed by atoms with Crippen LogP contribution in [0.25, 0.3) is 0 Å². The average Bonchev–Trinajstić information content (AvgIpc) is 2.87. The third-order valence-corrected chi connectivity index (χ3v) is 5.08. The molecule has 3 rings (SSSR count). The van der Waals surface area contributed by atoms with Gasteiger partial charge in [-0.15, -0.1) is 0 Å². The van der Waals surface area contributed by atoms with Crippen molar-refractivity contribution < 1.29 is 4.79 Å². The Kier molecular flexibility index (Phi) is 3.14. The second-order valence-electron chi connectivity index (χ2n) is 5.11. The summed E-state index contributed by atoms with van der Waals surface area (Å²) in [5.41, 5.74) is 0. The quantitative estimate of drug-likeness (QED) is 0.756. The lowest BCUT2D eigenvalue weighted by atomic mass is 9.78. The highest BCUT2D eigenvalue weighted by atomic mass is 32.1. The van der Waals surface area contributed by atoms with Gasteiger partial charge in [-0.05, 0) is 31.6 Å². The Morgan fingerprint density at radius 3 is 2.94 bits per heavy atom. The molecule has 4 heteroatoms. The number of carbonyl (C=O) groups is 1. The molecular weight excluding hydrogens is 232 g/mol. The van der Waals surface area contributed by atoms with E-state index in [2.05, 4.69) is 9.88 Å². The van der Waals surface area contributed by atoms with Crippen LogP contribution in [-0.4, -0.2) is 23.9 Å². The van der Waals surface area contributed by atoms with Gasteiger partial charge >= 0.3 is 0 Å². The normalized spacial score (nSPS) is 28.8. The van der Waals surface area contributed by atoms with Crippen molar-refractivity contribution in [2.45, 2.75) is 44.6 Å². The van der Waals surface area contributed by atoms with Crippen LogP contribution in [0.3, 0.4) is 0 Å². The van der Waals surface area contributed by atoms with Gasteiger partial charge in [0.15, 0.2) is 11.4 Å². The molecule has 0 bridgehead atoms. The zero-order valence-electron chi connectivity index (χ0n) is 9.97. The predicted octanol–water partition coefficient (Wildman–Crippen LogP) is 3.11. The Morgan fingerprint density at radius 1 is 1.29 bits per heavy atom. The molecule has 1 saturated carbocycles. The van der Waals surface area contributed by atoms with Crippen LogP contribution in [0.2, 0.25) is 0 Å². The molecule has 1 aromatic heterocycles. The molecule has 1 aliphatic carbocycles. The number of thiazole rings is 1. The Hall–Kier alpha value is -0.900. The fourth-order valence-electron chi connectivity index (χ4n) is 3.33. The topological polar surface area (TPSA) is 33.2 Å². The minimum Gasteiger partial charge on any atom is -0.345 e. The largest absolute Gasteiger partial charge is 0.345 e. The van der Waals surface area contributed by atoms with Gasteiger partial charge in [0.2, 0.25) is 0 Å². The highest BCUT2D eigenvalue weighted by Gasteiger charge is 2.34. The zero-order valence-corrected chi connectivity index (χ0v) is 10.8. The van der Waals surface area contributed by atoms with Gasteiger partial charge in [-0.2, -0.15) is 0 Å². The molecule has 0 N–H and O–H groups in total. The highest BCUT2D eigenvalue weighted by Crippen LogP contribution is 2.38. The van der Waals surface area contributed by atoms with Crippen LogP contribution in [0.4, 0.5) is 5.13 Å². The Bertz CT molecular complexity index is 402. The van der Waals surface area contributed by atoms with Gasteiger partial charge in [0.05, 0.1) is 11.1 Å². The maximum Gasteiger partial charge on any atom is 0.186 e. The molecule has 0 aromatic carbocycles. The molecule has 17 heavy (non-hydrogen) atoms. The number of carbonyl (C=O) groups excluding carboxylic acids is 1. The second-order valence-corrected chi connectivity index (χ2v) is 6.15. The van der Waals surface area contributed by atoms with E-state index in [1.54, 1.807) is 17.5 Å². The van der Waals surface area contributed by atoms with Crippen LogP contribution in [0.1, 0.15) is 48.2 Å². The lowest BCUT2D eigenvalue weighted by Crippen LogP contribution is -2.46. The third-order valence-electron chi connectivity index (χ3n) is 4.12. The van der Waals surface area contributed by atoms with E-state index in [9.17, 15) is 4.79 Å². The SMILES string of the molecule is O=Cc1cnc(N2CCC[C@H]3CCCC[C@H]32)s1. The molecule has 1 aliphatic heterocycles. The van der Waals surface area contributed by atoms with E-state index >= 15 is 0 Å². The number of piperidine rings is 1. The molecule has 2 fully saturated rings. The number of nitrogens with zero attached hydrogens (tertiary/aromatic N) is 2. The number of rotatable bonds is 2. The van der Waals surface area contributed by atoms with E-state index in [4.69, 9.17) is 0 Å². The molecule has 2 aliphatic rings. The summed E-state index contributed by atoms with van der Waals surface area (Å²) in [5.74, 6) is 0.862. The lowest BCUT2D eigenvalue weighted by molar-refractivity contribution is 0.112. The smallest absolute Gasteiger partial charge is 0.186 e. The van der Waals surface area contributed by atoms with Gasteiger partial charge < -0.3 is 4.90 Å². The molecule has 0 unspecified atom stereocenters. The number of hydrogen-bond donors (Lipinski definition) is 0. The maximum absolute atomic E-state index is 10.7. The molecule has 0 radical (unpaired) electrons. The fourth-order valence-corrected chi connectivity index (χ4v) is 4.14. The van der Waals surface area contributed by atoms with Gasteiger partial charge in [0.25, 0.3) is 0 Å². The summed E-state index contributed by atoms with van der Waals surface area (Å²) >= 11 is 1.54. The Balaban J connectivity index is 1.82. The summed E-state index contributed by atoms with van der Waals surface area (Å²) in [5, 5.41) is 1.06. The zero-order chi connectivity index (χ0) is 11.7. The number of anilines is 1. The van der Waals surface area contributed by atoms with E-state index in [1.807, 2.05) is 0 Å². The summed E-state index contributed by atoms with van der Waals surface area (Å²) < 4.78 is 0. The van der Waals surface area contributed by atoms with Crippen LogP contribution in [0.5, 0.6) is 0 Å². The summed E-state index contributed by atoms with van der Waals surface area (Å²) in [6.07, 6.45) is 10.7. The molecule has 3 nitrogen and oxygen atoms in total. The predicted molar refractivity (Wildman–Crippen MR) is 69.8 cm³/mol. The van der Waals surface area contributed by atoms with Gasteiger partial charge in [-0.3, -0.25) is 4.79 Å². The van der Waals surface area contributed by atoms with Crippen molar-refractivity contribution in [1.82, 2.24) is 4.98 Å². The van der Waals surface area contributed by atoms with Crippen molar-refractivity contribution in [1.29, 1.82) is 0 Å². The van der Waals surface area contributed by atoms with Crippen molar-refractivity contribution in [3.8, 4) is 0 Å². The van der Waals surface area contributed by atoms with Crippen molar-refractivity contribution in [2.75, 3.05) is 11.4 Å². The maximum atomic E-state index is 10.7. The van der Waals surface area contributed by atoms with E-state index in [0.29, 0.717) is 6.04 Å². The van der Waals surface area contributed by atoms with Crippen LogP contribution < -0.4 is 4.90 Å². The first kappa shape index (κ1) is 11.2. The van der Waals surface area contributed by atoms with Crippen molar-refractivity contribution in [2.24, 2.45) is 5.92 Å². The van der Waals surface area contributed by atoms with E-state index in [-0.39, 0.29) is 0 Å². The summed E-state index contributed by atoms with van der Waals surface area (Å²) in [6, 6.07) is 0.683. The van der Waals surface area contributed by atoms with Crippen LogP contribution >= 0.6 is 11.3 Å². The Morgan fingerprint density at radius 2 is 2.12 bits per heavy atom. The highest BCUT2D eigenvalue weighted by molar-refractivity contribution is 7.17. The molecular formula is C13H18N2OS. The number of aromatic nitrogens is 1. The molecule has 1 saturated heterocycles. The summed E-state index contributed by atoms with van der Waals surface area (Å²) in [6.45, 7) is 1.12. The summed E-state index contributed by atoms with van der Waals surface area (Å²) in [7, 11) is 0. The van der Waals surface area contributed by atoms with Crippen LogP contribution in [0, 0.1) is 5.92 Å². The standard InChI is InChI=1S/C13H18N2OS/c16-9-11-8-14-13(17-11)15-7-3-5-10-4-1-2-6-12(10)15/h8-10,12H,1-7H2/t10-,12-/m1/s1. The number of hydrogen-bond acceptors (Lipinski definition) is 4. The van der Waals surface area contributed by atoms with Gasteiger partial charge in [0, 0.05) is 12.6 Å². The minimum atomic E-state index is 0.683. The van der Waals surface area contributed by atoms with E-state index in [0.717, 1.165) is 28.8 Å². The van der Waals surface area contributed by atoms with Crippen molar-refractivity contribution in [3.05, 3.63) is 11.1 Å². The molecule has 0 spiro atoms. The lowest BCUT2D eigenvalue weighted by Gasteiger charge is -2.44. The fraction of sp³-hybridized carbons (Fsp3) is 0.692. The summed E-state index contributed by atoms with van der Waals surface area (Å²) in [4.78, 5) is 18.4. The van der Waals surface area contributed by atoms with Gasteiger partial charge in [-0.25, -0.2) is 4.98 Å². The third kappa shape index (κ3) is 2.10. The molecule has 0 amide bonds. The first-order valence-corrected chi connectivity index (χ1v) is 7.38. The first-order valence-electron chi connectivity index (χ1n) is 6.56. The number of aldehydes is 1. The average molecular weight is 250 g/mol. The Labute approximate surface area is 106 Å². The van der Waals surface area contributed by atoms with E-state index < -0.39 is 0 Å². The minimum absolute atomic E-state index is 0.683. The van der Waals surface area contributed by atoms with Gasteiger partial charge in [0.1, 0.15) is 0 Å². The molecule has 1 aromatic rings. The van der Waals surface area contributed by atoms with Gasteiger partial charge in [-0.1, -0.05) is 24.2 Å².